The van der Waals surface area contributed by atoms with Crippen LogP contribution >= 0.6 is 0 Å². The minimum atomic E-state index is -0.189. The van der Waals surface area contributed by atoms with Crippen LogP contribution in [0.25, 0.3) is 16.4 Å². The van der Waals surface area contributed by atoms with E-state index in [1.807, 2.05) is 40.8 Å². The van der Waals surface area contributed by atoms with Crippen molar-refractivity contribution in [2.75, 3.05) is 46.5 Å². The molecule has 1 aliphatic rings. The van der Waals surface area contributed by atoms with E-state index in [4.69, 9.17) is 9.47 Å². The van der Waals surface area contributed by atoms with Gasteiger partial charge in [-0.15, -0.1) is 0 Å². The normalized spacial score (nSPS) is 14.4. The minimum Gasteiger partial charge on any atom is -0.497 e. The lowest BCUT2D eigenvalue weighted by molar-refractivity contribution is 0.0383. The van der Waals surface area contributed by atoms with E-state index in [0.717, 1.165) is 43.8 Å². The molecule has 0 radical (unpaired) electrons. The lowest BCUT2D eigenvalue weighted by atomic mass is 10.1. The van der Waals surface area contributed by atoms with Crippen LogP contribution in [-0.2, 0) is 4.74 Å². The Balaban J connectivity index is 1.52. The molecule has 4 aromatic rings. The Morgan fingerprint density at radius 2 is 1.79 bits per heavy atom. The summed E-state index contributed by atoms with van der Waals surface area (Å²) in [4.78, 5) is 29.1. The van der Waals surface area contributed by atoms with Crippen molar-refractivity contribution in [3.8, 4) is 5.75 Å². The quantitative estimate of drug-likeness (QED) is 0.431. The van der Waals surface area contributed by atoms with Gasteiger partial charge in [0.2, 0.25) is 5.78 Å². The Bertz CT molecular complexity index is 1350. The average Bonchev–Trinajstić information content (AvgIpc) is 3.29. The maximum atomic E-state index is 13.6. The predicted octanol–water partition coefficient (Wildman–Crippen LogP) is 3.39. The number of morpholine rings is 1. The van der Waals surface area contributed by atoms with Gasteiger partial charge in [-0.2, -0.15) is 0 Å². The molecule has 3 heterocycles. The Hall–Kier alpha value is -3.68. The van der Waals surface area contributed by atoms with Crippen LogP contribution in [0.5, 0.6) is 5.75 Å². The van der Waals surface area contributed by atoms with Gasteiger partial charge >= 0.3 is 0 Å². The summed E-state index contributed by atoms with van der Waals surface area (Å²) in [7, 11) is 1.57. The number of hydrogen-bond donors (Lipinski definition) is 1. The molecule has 0 bridgehead atoms. The molecule has 0 atom stereocenters. The van der Waals surface area contributed by atoms with E-state index in [1.165, 1.54) is 0 Å². The number of ketones is 1. The van der Waals surface area contributed by atoms with Crippen LogP contribution in [0, 0.1) is 0 Å². The van der Waals surface area contributed by atoms with Crippen LogP contribution < -0.4 is 10.1 Å². The molecule has 1 amide bonds. The number of carbonyl (C=O) groups is 2. The molecule has 34 heavy (non-hydrogen) atoms. The topological polar surface area (TPSA) is 72.3 Å². The molecule has 2 aromatic carbocycles. The monoisotopic (exact) mass is 457 g/mol. The number of methoxy groups -OCH3 is 1. The second-order valence-electron chi connectivity index (χ2n) is 8.33. The van der Waals surface area contributed by atoms with Crippen molar-refractivity contribution in [2.24, 2.45) is 0 Å². The summed E-state index contributed by atoms with van der Waals surface area (Å²) in [5.74, 6) is 0.251. The van der Waals surface area contributed by atoms with Gasteiger partial charge in [0.1, 0.15) is 5.75 Å². The molecule has 0 aliphatic carbocycles. The standard InChI is InChI=1S/C27H27N3O4/c1-33-21-7-4-6-20(17-21)26(31)25-18-22(27(32)28-11-12-29-13-15-34-16-14-29)24-10-9-19-5-2-3-8-23(19)30(24)25/h2-10,17-18H,11-16H2,1H3,(H,28,32). The SMILES string of the molecule is COc1cccc(C(=O)c2cc(C(=O)NCCN3CCOCC3)c3ccc4ccccc4n23)c1. The lowest BCUT2D eigenvalue weighted by Gasteiger charge is -2.26. The molecule has 1 fully saturated rings. The molecule has 2 aromatic heterocycles. The molecular weight excluding hydrogens is 430 g/mol. The predicted molar refractivity (Wildman–Crippen MR) is 131 cm³/mol. The third-order valence-electron chi connectivity index (χ3n) is 6.26. The zero-order valence-corrected chi connectivity index (χ0v) is 19.1. The zero-order chi connectivity index (χ0) is 23.5. The highest BCUT2D eigenvalue weighted by Gasteiger charge is 2.22. The Morgan fingerprint density at radius 1 is 0.971 bits per heavy atom. The average molecular weight is 458 g/mol. The smallest absolute Gasteiger partial charge is 0.253 e. The maximum Gasteiger partial charge on any atom is 0.253 e. The van der Waals surface area contributed by atoms with Crippen molar-refractivity contribution in [1.82, 2.24) is 14.6 Å². The van der Waals surface area contributed by atoms with Gasteiger partial charge < -0.3 is 19.2 Å². The summed E-state index contributed by atoms with van der Waals surface area (Å²) in [5, 5.41) is 4.02. The molecule has 5 rings (SSSR count). The third-order valence-corrected chi connectivity index (χ3v) is 6.26. The van der Waals surface area contributed by atoms with Crippen LogP contribution in [0.2, 0.25) is 0 Å². The molecule has 0 saturated carbocycles. The zero-order valence-electron chi connectivity index (χ0n) is 19.1. The Kier molecular flexibility index (Phi) is 6.29. The van der Waals surface area contributed by atoms with Gasteiger partial charge in [-0.1, -0.05) is 36.4 Å². The van der Waals surface area contributed by atoms with Crippen LogP contribution in [0.15, 0.2) is 66.7 Å². The molecule has 7 heteroatoms. The molecule has 174 valence electrons. The van der Waals surface area contributed by atoms with Gasteiger partial charge in [0.25, 0.3) is 5.91 Å². The molecule has 1 N–H and O–H groups in total. The van der Waals surface area contributed by atoms with E-state index in [-0.39, 0.29) is 11.7 Å². The fourth-order valence-electron chi connectivity index (χ4n) is 4.46. The van der Waals surface area contributed by atoms with Gasteiger partial charge in [-0.05, 0) is 35.7 Å². The largest absolute Gasteiger partial charge is 0.497 e. The first-order valence-electron chi connectivity index (χ1n) is 11.5. The highest BCUT2D eigenvalue weighted by atomic mass is 16.5. The fraction of sp³-hybridized carbons (Fsp3) is 0.259. The number of para-hydroxylation sites is 1. The summed E-state index contributed by atoms with van der Waals surface area (Å²) in [6.07, 6.45) is 0. The molecule has 1 aliphatic heterocycles. The number of hydrogen-bond acceptors (Lipinski definition) is 5. The number of nitrogens with zero attached hydrogens (tertiary/aromatic N) is 2. The van der Waals surface area contributed by atoms with Crippen LogP contribution in [0.1, 0.15) is 26.4 Å². The second kappa shape index (κ2) is 9.67. The summed E-state index contributed by atoms with van der Waals surface area (Å²) in [6, 6.07) is 20.5. The summed E-state index contributed by atoms with van der Waals surface area (Å²) in [5.41, 5.74) is 3.01. The molecule has 0 unspecified atom stereocenters. The summed E-state index contributed by atoms with van der Waals surface area (Å²) >= 11 is 0. The van der Waals surface area contributed by atoms with Gasteiger partial charge in [0, 0.05) is 31.7 Å². The van der Waals surface area contributed by atoms with Crippen LogP contribution in [0.4, 0.5) is 0 Å². The number of fused-ring (bicyclic) bond motifs is 3. The van der Waals surface area contributed by atoms with E-state index in [0.29, 0.717) is 34.6 Å². The number of aromatic nitrogens is 1. The highest BCUT2D eigenvalue weighted by molar-refractivity contribution is 6.13. The number of benzene rings is 2. The van der Waals surface area contributed by atoms with Crippen molar-refractivity contribution in [3.05, 3.63) is 83.6 Å². The first kappa shape index (κ1) is 22.1. The second-order valence-corrected chi connectivity index (χ2v) is 8.33. The van der Waals surface area contributed by atoms with E-state index < -0.39 is 0 Å². The van der Waals surface area contributed by atoms with E-state index >= 15 is 0 Å². The number of ether oxygens (including phenoxy) is 2. The number of amides is 1. The number of nitrogens with one attached hydrogen (secondary N) is 1. The first-order valence-corrected chi connectivity index (χ1v) is 11.5. The Morgan fingerprint density at radius 3 is 2.62 bits per heavy atom. The molecular formula is C27H27N3O4. The van der Waals surface area contributed by atoms with Crippen LogP contribution in [-0.4, -0.2) is 67.5 Å². The molecule has 1 saturated heterocycles. The summed E-state index contributed by atoms with van der Waals surface area (Å²) in [6.45, 7) is 4.48. The lowest BCUT2D eigenvalue weighted by Crippen LogP contribution is -2.41. The van der Waals surface area contributed by atoms with Gasteiger partial charge in [-0.25, -0.2) is 0 Å². The van der Waals surface area contributed by atoms with E-state index in [1.54, 1.807) is 37.4 Å². The Labute approximate surface area is 197 Å². The molecule has 7 nitrogen and oxygen atoms in total. The maximum absolute atomic E-state index is 13.6. The van der Waals surface area contributed by atoms with E-state index in [2.05, 4.69) is 10.2 Å². The summed E-state index contributed by atoms with van der Waals surface area (Å²) < 4.78 is 12.6. The third kappa shape index (κ3) is 4.27. The van der Waals surface area contributed by atoms with Gasteiger partial charge in [0.05, 0.1) is 42.6 Å². The van der Waals surface area contributed by atoms with Gasteiger partial charge in [0.15, 0.2) is 0 Å². The van der Waals surface area contributed by atoms with Crippen LogP contribution in [0.3, 0.4) is 0 Å². The van der Waals surface area contributed by atoms with Crippen molar-refractivity contribution >= 4 is 28.1 Å². The molecule has 0 spiro atoms. The number of carbonyl (C=O) groups excluding carboxylic acids is 2. The number of rotatable bonds is 7. The van der Waals surface area contributed by atoms with Gasteiger partial charge in [-0.3, -0.25) is 14.5 Å². The minimum absolute atomic E-state index is 0.169. The fourth-order valence-corrected chi connectivity index (χ4v) is 4.46. The van der Waals surface area contributed by atoms with Crippen molar-refractivity contribution in [2.45, 2.75) is 0 Å². The van der Waals surface area contributed by atoms with E-state index in [9.17, 15) is 9.59 Å². The highest BCUT2D eigenvalue weighted by Crippen LogP contribution is 2.26. The van der Waals surface area contributed by atoms with Crippen molar-refractivity contribution in [1.29, 1.82) is 0 Å². The van der Waals surface area contributed by atoms with Crippen molar-refractivity contribution in [3.63, 3.8) is 0 Å². The number of pyridine rings is 1. The van der Waals surface area contributed by atoms with Crippen molar-refractivity contribution < 1.29 is 19.1 Å². The first-order chi connectivity index (χ1) is 16.7.